The van der Waals surface area contributed by atoms with Gasteiger partial charge in [-0.15, -0.1) is 0 Å². The number of halogens is 4. The van der Waals surface area contributed by atoms with Crippen molar-refractivity contribution in [1.82, 2.24) is 39.7 Å². The van der Waals surface area contributed by atoms with Gasteiger partial charge in [-0.3, -0.25) is 0 Å². The van der Waals surface area contributed by atoms with E-state index in [2.05, 4.69) is 25.5 Å². The molecular weight excluding hydrogens is 564 g/mol. The molecule has 0 fully saturated rings. The minimum atomic E-state index is -1.77. The number of nitrogens with one attached hydrogen (secondary N) is 1. The number of hydrogen-bond acceptors (Lipinski definition) is 7. The zero-order valence-electron chi connectivity index (χ0n) is 22.5. The molecular formula is C30H24F4N8O. The maximum absolute atomic E-state index is 14.7. The highest BCUT2D eigenvalue weighted by Crippen LogP contribution is 2.34. The van der Waals surface area contributed by atoms with Gasteiger partial charge in [0, 0.05) is 42.9 Å². The van der Waals surface area contributed by atoms with Crippen molar-refractivity contribution in [2.45, 2.75) is 18.6 Å². The van der Waals surface area contributed by atoms with Gasteiger partial charge in [0.25, 0.3) is 0 Å². The number of aromatic nitrogens is 7. The van der Waals surface area contributed by atoms with Crippen LogP contribution in [0.15, 0.2) is 85.7 Å². The van der Waals surface area contributed by atoms with E-state index >= 15 is 0 Å². The standard InChI is InChI=1S/C30H24F4N8O/c31-20-3-1-19(2-4-20)29-28(26-8-6-22(33)14-42(26)40-29)25-9-12-37-27(39-25)10-11-35-15-30(43,16-41-18-36-17-38-41)23-7-5-21(32)13-24(23)34/h1-9,12-14,17-18,35,43H,10-11,15-16H2/t30-/m0/s1. The van der Waals surface area contributed by atoms with Crippen molar-refractivity contribution >= 4 is 5.52 Å². The quantitative estimate of drug-likeness (QED) is 0.181. The second-order valence-electron chi connectivity index (χ2n) is 9.94. The smallest absolute Gasteiger partial charge is 0.141 e. The normalized spacial score (nSPS) is 13.0. The van der Waals surface area contributed by atoms with E-state index in [1.54, 1.807) is 30.5 Å². The first-order valence-electron chi connectivity index (χ1n) is 13.3. The maximum atomic E-state index is 14.7. The molecule has 218 valence electrons. The van der Waals surface area contributed by atoms with E-state index in [4.69, 9.17) is 4.98 Å². The van der Waals surface area contributed by atoms with E-state index in [0.29, 0.717) is 46.8 Å². The fourth-order valence-corrected chi connectivity index (χ4v) is 4.93. The van der Waals surface area contributed by atoms with Crippen LogP contribution in [-0.4, -0.2) is 52.5 Å². The Hall–Kier alpha value is -5.01. The Morgan fingerprint density at radius 2 is 1.70 bits per heavy atom. The van der Waals surface area contributed by atoms with E-state index in [1.807, 2.05) is 0 Å². The average molecular weight is 589 g/mol. The molecule has 0 saturated heterocycles. The SMILES string of the molecule is O[C@@](CNCCc1nccc(-c2c(-c3ccc(F)cc3)nn3cc(F)ccc23)n1)(Cn1cncn1)c1ccc(F)cc1F. The van der Waals surface area contributed by atoms with Crippen molar-refractivity contribution in [2.75, 3.05) is 13.1 Å². The second-order valence-corrected chi connectivity index (χ2v) is 9.94. The first-order chi connectivity index (χ1) is 20.8. The Morgan fingerprint density at radius 3 is 2.47 bits per heavy atom. The Morgan fingerprint density at radius 1 is 0.907 bits per heavy atom. The molecule has 0 amide bonds. The van der Waals surface area contributed by atoms with Crippen LogP contribution >= 0.6 is 0 Å². The van der Waals surface area contributed by atoms with Crippen LogP contribution in [0.1, 0.15) is 11.4 Å². The van der Waals surface area contributed by atoms with Gasteiger partial charge in [-0.05, 0) is 48.5 Å². The van der Waals surface area contributed by atoms with Gasteiger partial charge in [0.2, 0.25) is 0 Å². The molecule has 6 aromatic rings. The van der Waals surface area contributed by atoms with Gasteiger partial charge >= 0.3 is 0 Å². The molecule has 4 heterocycles. The molecule has 0 spiro atoms. The van der Waals surface area contributed by atoms with E-state index in [-0.39, 0.29) is 18.7 Å². The Labute approximate surface area is 242 Å². The molecule has 0 aliphatic carbocycles. The first-order valence-corrected chi connectivity index (χ1v) is 13.3. The molecule has 43 heavy (non-hydrogen) atoms. The van der Waals surface area contributed by atoms with Gasteiger partial charge in [0.15, 0.2) is 0 Å². The summed E-state index contributed by atoms with van der Waals surface area (Å²) in [6.07, 6.45) is 5.86. The van der Waals surface area contributed by atoms with Crippen LogP contribution in [-0.2, 0) is 18.6 Å². The molecule has 9 nitrogen and oxygen atoms in total. The molecule has 0 radical (unpaired) electrons. The van der Waals surface area contributed by atoms with Crippen LogP contribution in [0.4, 0.5) is 17.6 Å². The second kappa shape index (κ2) is 11.7. The molecule has 0 aliphatic heterocycles. The Kier molecular flexibility index (Phi) is 7.65. The number of fused-ring (bicyclic) bond motifs is 1. The zero-order valence-corrected chi connectivity index (χ0v) is 22.5. The molecule has 0 bridgehead atoms. The number of rotatable bonds is 10. The monoisotopic (exact) mass is 588 g/mol. The maximum Gasteiger partial charge on any atom is 0.141 e. The predicted molar refractivity (Wildman–Crippen MR) is 148 cm³/mol. The number of benzene rings is 2. The fraction of sp³-hybridized carbons (Fsp3) is 0.167. The van der Waals surface area contributed by atoms with Crippen LogP contribution in [0.2, 0.25) is 0 Å². The topological polar surface area (TPSA) is 106 Å². The minimum Gasteiger partial charge on any atom is -0.382 e. The highest BCUT2D eigenvalue weighted by Gasteiger charge is 2.33. The van der Waals surface area contributed by atoms with E-state index in [0.717, 1.165) is 12.1 Å². The lowest BCUT2D eigenvalue weighted by Gasteiger charge is -2.29. The van der Waals surface area contributed by atoms with Gasteiger partial charge in [0.1, 0.15) is 53.0 Å². The van der Waals surface area contributed by atoms with Gasteiger partial charge in [-0.1, -0.05) is 6.07 Å². The largest absolute Gasteiger partial charge is 0.382 e. The lowest BCUT2D eigenvalue weighted by atomic mass is 9.92. The summed E-state index contributed by atoms with van der Waals surface area (Å²) < 4.78 is 58.7. The van der Waals surface area contributed by atoms with Gasteiger partial charge in [-0.25, -0.2) is 41.7 Å². The summed E-state index contributed by atoms with van der Waals surface area (Å²) >= 11 is 0. The molecule has 0 saturated carbocycles. The molecule has 13 heteroatoms. The Balaban J connectivity index is 1.23. The summed E-state index contributed by atoms with van der Waals surface area (Å²) in [6.45, 7) is 0.0795. The van der Waals surface area contributed by atoms with Gasteiger partial charge in [-0.2, -0.15) is 10.2 Å². The third-order valence-electron chi connectivity index (χ3n) is 6.94. The summed E-state index contributed by atoms with van der Waals surface area (Å²) in [4.78, 5) is 12.9. The summed E-state index contributed by atoms with van der Waals surface area (Å²) in [7, 11) is 0. The molecule has 2 aromatic carbocycles. The molecule has 0 unspecified atom stereocenters. The van der Waals surface area contributed by atoms with Crippen LogP contribution in [0.5, 0.6) is 0 Å². The Bertz CT molecular complexity index is 1880. The van der Waals surface area contributed by atoms with Crippen LogP contribution < -0.4 is 5.32 Å². The lowest BCUT2D eigenvalue weighted by Crippen LogP contribution is -2.43. The third kappa shape index (κ3) is 5.98. The first kappa shape index (κ1) is 28.1. The van der Waals surface area contributed by atoms with Crippen LogP contribution in [0.3, 0.4) is 0 Å². The highest BCUT2D eigenvalue weighted by atomic mass is 19.1. The third-order valence-corrected chi connectivity index (χ3v) is 6.94. The number of aliphatic hydroxyl groups is 1. The molecule has 2 N–H and O–H groups in total. The van der Waals surface area contributed by atoms with E-state index in [9.17, 15) is 22.7 Å². The van der Waals surface area contributed by atoms with E-state index in [1.165, 1.54) is 52.3 Å². The predicted octanol–water partition coefficient (Wildman–Crippen LogP) is 4.33. The van der Waals surface area contributed by atoms with Crippen molar-refractivity contribution in [3.8, 4) is 22.5 Å². The number of nitrogens with zero attached hydrogens (tertiary/aromatic N) is 7. The zero-order chi connectivity index (χ0) is 30.0. The minimum absolute atomic E-state index is 0.0898. The molecule has 4 aromatic heterocycles. The van der Waals surface area contributed by atoms with Crippen molar-refractivity contribution in [3.05, 3.63) is 120 Å². The molecule has 6 rings (SSSR count). The lowest BCUT2D eigenvalue weighted by molar-refractivity contribution is 0.0122. The average Bonchev–Trinajstić information content (AvgIpc) is 3.63. The highest BCUT2D eigenvalue weighted by molar-refractivity contribution is 5.90. The van der Waals surface area contributed by atoms with Gasteiger partial charge in [0.05, 0.1) is 29.5 Å². The fourth-order valence-electron chi connectivity index (χ4n) is 4.93. The summed E-state index contributed by atoms with van der Waals surface area (Å²) in [5.41, 5.74) is 1.01. The van der Waals surface area contributed by atoms with Crippen molar-refractivity contribution in [2.24, 2.45) is 0 Å². The number of pyridine rings is 1. The molecule has 1 atom stereocenters. The van der Waals surface area contributed by atoms with Crippen molar-refractivity contribution < 1.29 is 22.7 Å². The summed E-state index contributed by atoms with van der Waals surface area (Å²) in [5, 5.41) is 23.1. The summed E-state index contributed by atoms with van der Waals surface area (Å²) in [6, 6.07) is 13.5. The van der Waals surface area contributed by atoms with E-state index < -0.39 is 28.9 Å². The van der Waals surface area contributed by atoms with Crippen molar-refractivity contribution in [1.29, 1.82) is 0 Å². The summed E-state index contributed by atoms with van der Waals surface area (Å²) in [5.74, 6) is -2.04. The molecule has 0 aliphatic rings. The number of hydrogen-bond donors (Lipinski definition) is 2. The van der Waals surface area contributed by atoms with Crippen LogP contribution in [0.25, 0.3) is 28.0 Å². The van der Waals surface area contributed by atoms with Crippen molar-refractivity contribution in [3.63, 3.8) is 0 Å². The van der Waals surface area contributed by atoms with Gasteiger partial charge < -0.3 is 10.4 Å². The van der Waals surface area contributed by atoms with Crippen LogP contribution in [0, 0.1) is 23.3 Å².